The van der Waals surface area contributed by atoms with Gasteiger partial charge in [-0.2, -0.15) is 5.10 Å². The summed E-state index contributed by atoms with van der Waals surface area (Å²) in [6, 6.07) is 18.8. The van der Waals surface area contributed by atoms with E-state index in [9.17, 15) is 9.59 Å². The van der Waals surface area contributed by atoms with Crippen molar-refractivity contribution in [3.8, 4) is 5.75 Å². The highest BCUT2D eigenvalue weighted by Gasteiger charge is 2.35. The van der Waals surface area contributed by atoms with Crippen LogP contribution in [0.1, 0.15) is 17.5 Å². The van der Waals surface area contributed by atoms with Crippen molar-refractivity contribution in [2.24, 2.45) is 5.92 Å². The van der Waals surface area contributed by atoms with Crippen molar-refractivity contribution in [3.05, 3.63) is 84.3 Å². The number of likely N-dealkylation sites (tertiary alicyclic amines) is 1. The minimum Gasteiger partial charge on any atom is -0.497 e. The van der Waals surface area contributed by atoms with Gasteiger partial charge in [-0.05, 0) is 35.7 Å². The average molecular weight is 544 g/mol. The number of aromatic nitrogens is 3. The van der Waals surface area contributed by atoms with Gasteiger partial charge in [0.15, 0.2) is 5.82 Å². The van der Waals surface area contributed by atoms with Crippen molar-refractivity contribution in [2.45, 2.75) is 25.6 Å². The molecule has 1 aliphatic heterocycles. The highest BCUT2D eigenvalue weighted by Crippen LogP contribution is 2.27. The molecule has 11 heteroatoms. The fourth-order valence-electron chi connectivity index (χ4n) is 5.02. The Morgan fingerprint density at radius 3 is 2.75 bits per heavy atom. The fourth-order valence-corrected chi connectivity index (χ4v) is 5.02. The molecule has 0 aliphatic carbocycles. The summed E-state index contributed by atoms with van der Waals surface area (Å²) in [5, 5.41) is 13.4. The Kier molecular flexibility index (Phi) is 8.41. The molecule has 3 heterocycles. The van der Waals surface area contributed by atoms with Crippen LogP contribution in [0.25, 0.3) is 5.52 Å². The Morgan fingerprint density at radius 1 is 1.10 bits per heavy atom. The number of nitrogens with one attached hydrogen (secondary N) is 3. The smallest absolute Gasteiger partial charge is 0.407 e. The maximum Gasteiger partial charge on any atom is 0.407 e. The molecule has 0 radical (unpaired) electrons. The second-order valence-electron chi connectivity index (χ2n) is 9.66. The van der Waals surface area contributed by atoms with E-state index in [0.29, 0.717) is 31.9 Å². The minimum absolute atomic E-state index is 0.122. The molecule has 11 nitrogen and oxygen atoms in total. The number of alkyl carbamates (subject to hydrolysis) is 1. The number of benzene rings is 2. The van der Waals surface area contributed by atoms with Gasteiger partial charge in [0.2, 0.25) is 5.91 Å². The van der Waals surface area contributed by atoms with Crippen molar-refractivity contribution in [1.82, 2.24) is 30.1 Å². The molecule has 0 saturated carbocycles. The largest absolute Gasteiger partial charge is 0.497 e. The van der Waals surface area contributed by atoms with Gasteiger partial charge in [0.05, 0.1) is 13.0 Å². The van der Waals surface area contributed by atoms with E-state index in [1.54, 1.807) is 18.7 Å². The summed E-state index contributed by atoms with van der Waals surface area (Å²) in [7, 11) is 3.24. The number of hydrogen-bond acceptors (Lipinski definition) is 8. The van der Waals surface area contributed by atoms with E-state index in [2.05, 4.69) is 30.9 Å². The van der Waals surface area contributed by atoms with Gasteiger partial charge in [0.1, 0.15) is 24.2 Å². The third-order valence-electron chi connectivity index (χ3n) is 7.06. The first-order valence-electron chi connectivity index (χ1n) is 13.2. The quantitative estimate of drug-likeness (QED) is 0.294. The van der Waals surface area contributed by atoms with E-state index in [1.165, 1.54) is 6.33 Å². The molecule has 2 aromatic heterocycles. The number of nitrogens with zero attached hydrogens (tertiary/aromatic N) is 4. The molecular weight excluding hydrogens is 510 g/mol. The minimum atomic E-state index is -0.528. The van der Waals surface area contributed by atoms with Crippen LogP contribution in [0.2, 0.25) is 0 Å². The topological polar surface area (TPSA) is 122 Å². The molecule has 3 N–H and O–H groups in total. The summed E-state index contributed by atoms with van der Waals surface area (Å²) in [6.07, 6.45) is 3.49. The Bertz CT molecular complexity index is 1460. The van der Waals surface area contributed by atoms with E-state index >= 15 is 0 Å². The first-order chi connectivity index (χ1) is 19.5. The Morgan fingerprint density at radius 2 is 1.95 bits per heavy atom. The first-order valence-corrected chi connectivity index (χ1v) is 13.2. The zero-order valence-corrected chi connectivity index (χ0v) is 22.5. The number of piperidine rings is 1. The summed E-state index contributed by atoms with van der Waals surface area (Å²) in [4.78, 5) is 32.1. The third-order valence-corrected chi connectivity index (χ3v) is 7.06. The number of carbonyl (C=O) groups is 2. The molecule has 5 rings (SSSR count). The molecule has 208 valence electrons. The van der Waals surface area contributed by atoms with Gasteiger partial charge in [0.25, 0.3) is 0 Å². The molecule has 40 heavy (non-hydrogen) atoms. The summed E-state index contributed by atoms with van der Waals surface area (Å²) < 4.78 is 12.5. The molecule has 0 unspecified atom stereocenters. The van der Waals surface area contributed by atoms with Crippen molar-refractivity contribution < 1.29 is 19.1 Å². The summed E-state index contributed by atoms with van der Waals surface area (Å²) >= 11 is 0. The Labute approximate surface area is 232 Å². The van der Waals surface area contributed by atoms with Crippen molar-refractivity contribution >= 4 is 29.0 Å². The predicted octanol–water partition coefficient (Wildman–Crippen LogP) is 3.34. The van der Waals surface area contributed by atoms with Crippen LogP contribution in [0.3, 0.4) is 0 Å². The lowest BCUT2D eigenvalue weighted by Gasteiger charge is -2.37. The van der Waals surface area contributed by atoms with Gasteiger partial charge in [0, 0.05) is 50.7 Å². The van der Waals surface area contributed by atoms with Crippen molar-refractivity contribution in [3.63, 3.8) is 0 Å². The average Bonchev–Trinajstić information content (AvgIpc) is 3.40. The zero-order valence-electron chi connectivity index (χ0n) is 22.5. The fraction of sp³-hybridized carbons (Fsp3) is 0.310. The van der Waals surface area contributed by atoms with E-state index < -0.39 is 12.0 Å². The summed E-state index contributed by atoms with van der Waals surface area (Å²) in [6.45, 7) is 1.94. The highest BCUT2D eigenvalue weighted by molar-refractivity contribution is 5.80. The van der Waals surface area contributed by atoms with Crippen LogP contribution in [-0.4, -0.2) is 64.8 Å². The number of methoxy groups -OCH3 is 1. The Balaban J connectivity index is 1.27. The monoisotopic (exact) mass is 543 g/mol. The Hall–Kier alpha value is -4.64. The van der Waals surface area contributed by atoms with Gasteiger partial charge < -0.3 is 25.4 Å². The number of amides is 2. The predicted molar refractivity (Wildman–Crippen MR) is 150 cm³/mol. The molecule has 1 aliphatic rings. The third kappa shape index (κ3) is 6.32. The van der Waals surface area contributed by atoms with Gasteiger partial charge in [-0.1, -0.05) is 36.4 Å². The van der Waals surface area contributed by atoms with Gasteiger partial charge >= 0.3 is 6.09 Å². The van der Waals surface area contributed by atoms with E-state index in [0.717, 1.165) is 28.1 Å². The van der Waals surface area contributed by atoms with Crippen LogP contribution in [0.4, 0.5) is 16.3 Å². The van der Waals surface area contributed by atoms with Crippen LogP contribution in [-0.2, 0) is 22.7 Å². The van der Waals surface area contributed by atoms with Crippen molar-refractivity contribution in [1.29, 1.82) is 0 Å². The summed E-state index contributed by atoms with van der Waals surface area (Å²) in [5.74, 6) is 0.862. The van der Waals surface area contributed by atoms with E-state index in [4.69, 9.17) is 9.47 Å². The molecule has 1 saturated heterocycles. The zero-order chi connectivity index (χ0) is 27.9. The molecule has 2 amide bonds. The van der Waals surface area contributed by atoms with Crippen LogP contribution in [0.5, 0.6) is 5.75 Å². The number of carbonyl (C=O) groups excluding carboxylic acids is 2. The van der Waals surface area contributed by atoms with Crippen LogP contribution in [0.15, 0.2) is 73.2 Å². The second-order valence-corrected chi connectivity index (χ2v) is 9.66. The van der Waals surface area contributed by atoms with Gasteiger partial charge in [-0.3, -0.25) is 9.69 Å². The van der Waals surface area contributed by atoms with Crippen LogP contribution >= 0.6 is 0 Å². The lowest BCUT2D eigenvalue weighted by molar-refractivity contribution is -0.127. The molecule has 4 aromatic rings. The maximum atomic E-state index is 12.8. The standard InChI is InChI=1S/C29H33N7O4/c1-30-28(37)24-17-35(13-12-25(24)34-29(38)40-18-20-7-4-3-5-8-20)16-21-11-14-36-26(21)27(31-19-32-36)33-22-9-6-10-23(15-22)39-2/h3-11,14-15,19,24-25H,12-13,16-18H2,1-2H3,(H,30,37)(H,34,38)(H,31,32,33)/t24-,25-/m0/s1. The van der Waals surface area contributed by atoms with Crippen molar-refractivity contribution in [2.75, 3.05) is 32.6 Å². The van der Waals surface area contributed by atoms with E-state index in [1.807, 2.05) is 66.9 Å². The number of fused-ring (bicyclic) bond motifs is 1. The van der Waals surface area contributed by atoms with Gasteiger partial charge in [-0.15, -0.1) is 0 Å². The van der Waals surface area contributed by atoms with Crippen LogP contribution in [0, 0.1) is 5.92 Å². The van der Waals surface area contributed by atoms with Gasteiger partial charge in [-0.25, -0.2) is 14.3 Å². The lowest BCUT2D eigenvalue weighted by atomic mass is 9.91. The normalized spacial score (nSPS) is 17.2. The first kappa shape index (κ1) is 26.9. The maximum absolute atomic E-state index is 12.8. The highest BCUT2D eigenvalue weighted by atomic mass is 16.5. The number of ether oxygens (including phenoxy) is 2. The number of anilines is 2. The van der Waals surface area contributed by atoms with E-state index in [-0.39, 0.29) is 18.6 Å². The molecule has 2 atom stereocenters. The van der Waals surface area contributed by atoms with Crippen LogP contribution < -0.4 is 20.7 Å². The molecule has 1 fully saturated rings. The number of rotatable bonds is 9. The molecular formula is C29H33N7O4. The second kappa shape index (κ2) is 12.5. The number of hydrogen-bond donors (Lipinski definition) is 3. The summed E-state index contributed by atoms with van der Waals surface area (Å²) in [5.41, 5.74) is 3.62. The molecule has 0 spiro atoms. The lowest BCUT2D eigenvalue weighted by Crippen LogP contribution is -2.55. The molecule has 0 bridgehead atoms. The molecule has 2 aromatic carbocycles. The SMILES string of the molecule is CNC(=O)[C@H]1CN(Cc2ccn3ncnc(Nc4cccc(OC)c4)c23)CC[C@@H]1NC(=O)OCc1ccccc1.